The third-order valence-corrected chi connectivity index (χ3v) is 6.46. The van der Waals surface area contributed by atoms with Crippen LogP contribution in [0.15, 0.2) is 30.3 Å². The van der Waals surface area contributed by atoms with Crippen molar-refractivity contribution in [3.05, 3.63) is 51.0 Å². The lowest BCUT2D eigenvalue weighted by Crippen LogP contribution is -2.49. The first-order valence-electron chi connectivity index (χ1n) is 8.53. The van der Waals surface area contributed by atoms with E-state index in [-0.39, 0.29) is 5.91 Å². The molecule has 1 amide bonds. The number of benzene rings is 2. The van der Waals surface area contributed by atoms with Crippen LogP contribution in [0.4, 0.5) is 10.8 Å². The van der Waals surface area contributed by atoms with E-state index in [1.54, 1.807) is 23.1 Å². The average molecular weight is 457 g/mol. The Kier molecular flexibility index (Phi) is 5.53. The van der Waals surface area contributed by atoms with Crippen LogP contribution in [-0.2, 0) is 0 Å². The molecule has 28 heavy (non-hydrogen) atoms. The number of carbonyl (C=O) groups excluding carboxylic acids is 1. The van der Waals surface area contributed by atoms with Gasteiger partial charge in [0.25, 0.3) is 5.91 Å². The molecule has 1 aliphatic rings. The largest absolute Gasteiger partial charge is 0.365 e. The Morgan fingerprint density at radius 1 is 1.07 bits per heavy atom. The minimum absolute atomic E-state index is 0.103. The van der Waals surface area contributed by atoms with Gasteiger partial charge >= 0.3 is 0 Å². The van der Waals surface area contributed by atoms with Crippen molar-refractivity contribution in [2.75, 3.05) is 36.5 Å². The fourth-order valence-electron chi connectivity index (χ4n) is 3.28. The summed E-state index contributed by atoms with van der Waals surface area (Å²) < 4.78 is 0.999. The molecular weight excluding hydrogens is 441 g/mol. The van der Waals surface area contributed by atoms with E-state index in [1.165, 1.54) is 11.3 Å². The number of anilines is 2. The molecule has 2 heterocycles. The number of hydrogen-bond acceptors (Lipinski definition) is 6. The molecule has 1 fully saturated rings. The van der Waals surface area contributed by atoms with Crippen LogP contribution >= 0.6 is 46.1 Å². The van der Waals surface area contributed by atoms with Crippen LogP contribution in [-0.4, -0.2) is 42.0 Å². The van der Waals surface area contributed by atoms with E-state index in [0.717, 1.165) is 15.9 Å². The number of amides is 1. The van der Waals surface area contributed by atoms with Crippen molar-refractivity contribution in [2.24, 2.45) is 5.84 Å². The van der Waals surface area contributed by atoms with Gasteiger partial charge in [0, 0.05) is 31.2 Å². The van der Waals surface area contributed by atoms with Gasteiger partial charge in [-0.15, -0.1) is 0 Å². The number of nitrogen functional groups attached to an aromatic ring is 1. The van der Waals surface area contributed by atoms with Gasteiger partial charge < -0.3 is 9.80 Å². The van der Waals surface area contributed by atoms with E-state index in [0.29, 0.717) is 51.9 Å². The molecule has 1 aromatic heterocycles. The number of hydrazine groups is 1. The average Bonchev–Trinajstić information content (AvgIpc) is 3.11. The summed E-state index contributed by atoms with van der Waals surface area (Å²) in [6, 6.07) is 8.71. The highest BCUT2D eigenvalue weighted by Crippen LogP contribution is 2.38. The molecule has 3 aromatic rings. The predicted octanol–water partition coefficient (Wildman–Crippen LogP) is 4.50. The van der Waals surface area contributed by atoms with E-state index >= 15 is 0 Å². The van der Waals surface area contributed by atoms with Gasteiger partial charge in [-0.1, -0.05) is 46.1 Å². The van der Waals surface area contributed by atoms with Crippen LogP contribution in [0.2, 0.25) is 15.1 Å². The van der Waals surface area contributed by atoms with Gasteiger partial charge in [-0.2, -0.15) is 0 Å². The zero-order valence-electron chi connectivity index (χ0n) is 14.6. The van der Waals surface area contributed by atoms with E-state index in [9.17, 15) is 4.79 Å². The Labute approximate surface area is 180 Å². The van der Waals surface area contributed by atoms with Crippen LogP contribution in [0, 0.1) is 0 Å². The highest BCUT2D eigenvalue weighted by atomic mass is 35.5. The third-order valence-electron chi connectivity index (χ3n) is 4.65. The van der Waals surface area contributed by atoms with Gasteiger partial charge in [-0.3, -0.25) is 10.2 Å². The smallest absolute Gasteiger partial charge is 0.255 e. The Morgan fingerprint density at radius 3 is 2.50 bits per heavy atom. The van der Waals surface area contributed by atoms with Gasteiger partial charge in [0.2, 0.25) is 0 Å². The zero-order valence-corrected chi connectivity index (χ0v) is 17.7. The molecule has 0 atom stereocenters. The molecular formula is C18H16Cl3N5OS. The number of rotatable bonds is 3. The lowest BCUT2D eigenvalue weighted by atomic mass is 10.1. The molecule has 6 nitrogen and oxygen atoms in total. The number of nitrogens with zero attached hydrogens (tertiary/aromatic N) is 3. The number of carbonyl (C=O) groups is 1. The summed E-state index contributed by atoms with van der Waals surface area (Å²) in [7, 11) is 0. The number of aromatic nitrogens is 1. The minimum Gasteiger partial charge on any atom is -0.365 e. The zero-order chi connectivity index (χ0) is 19.8. The third kappa shape index (κ3) is 3.60. The summed E-state index contributed by atoms with van der Waals surface area (Å²) in [4.78, 5) is 21.3. The van der Waals surface area contributed by atoms with Crippen LogP contribution in [0.25, 0.3) is 10.2 Å². The topological polar surface area (TPSA) is 74.5 Å². The van der Waals surface area contributed by atoms with Crippen LogP contribution in [0.5, 0.6) is 0 Å². The first kappa shape index (κ1) is 19.5. The SMILES string of the molecule is NNc1nc2c(N3CCN(C(=O)c4ccc(Cl)cc4Cl)CC3)c(Cl)ccc2s1. The molecule has 3 N–H and O–H groups in total. The van der Waals surface area contributed by atoms with Crippen LogP contribution < -0.4 is 16.2 Å². The van der Waals surface area contributed by atoms with Crippen molar-refractivity contribution < 1.29 is 4.79 Å². The monoisotopic (exact) mass is 455 g/mol. The number of nitrogens with two attached hydrogens (primary N) is 1. The van der Waals surface area contributed by atoms with Gasteiger partial charge in [0.05, 0.1) is 26.0 Å². The molecule has 0 spiro atoms. The number of halogens is 3. The highest BCUT2D eigenvalue weighted by Gasteiger charge is 2.26. The fraction of sp³-hybridized carbons (Fsp3) is 0.222. The molecule has 4 rings (SSSR count). The van der Waals surface area contributed by atoms with Crippen molar-refractivity contribution >= 4 is 73.1 Å². The summed E-state index contributed by atoms with van der Waals surface area (Å²) >= 11 is 20.1. The maximum Gasteiger partial charge on any atom is 0.255 e. The highest BCUT2D eigenvalue weighted by molar-refractivity contribution is 7.22. The molecule has 1 aliphatic heterocycles. The fourth-order valence-corrected chi connectivity index (χ4v) is 4.83. The van der Waals surface area contributed by atoms with Crippen molar-refractivity contribution in [3.63, 3.8) is 0 Å². The summed E-state index contributed by atoms with van der Waals surface area (Å²) in [5, 5.41) is 2.12. The Hall–Kier alpha value is -1.77. The lowest BCUT2D eigenvalue weighted by molar-refractivity contribution is 0.0747. The quantitative estimate of drug-likeness (QED) is 0.448. The normalized spacial score (nSPS) is 14.6. The molecule has 0 radical (unpaired) electrons. The van der Waals surface area contributed by atoms with Crippen LogP contribution in [0.3, 0.4) is 0 Å². The molecule has 146 valence electrons. The van der Waals surface area contributed by atoms with E-state index < -0.39 is 0 Å². The van der Waals surface area contributed by atoms with Crippen molar-refractivity contribution in [3.8, 4) is 0 Å². The number of nitrogens with one attached hydrogen (secondary N) is 1. The summed E-state index contributed by atoms with van der Waals surface area (Å²) in [5.74, 6) is 5.39. The molecule has 1 saturated heterocycles. The molecule has 10 heteroatoms. The summed E-state index contributed by atoms with van der Waals surface area (Å²) in [6.07, 6.45) is 0. The van der Waals surface area contributed by atoms with Gasteiger partial charge in [-0.05, 0) is 30.3 Å². The number of piperazine rings is 1. The second-order valence-corrected chi connectivity index (χ2v) is 8.59. The van der Waals surface area contributed by atoms with Gasteiger partial charge in [-0.25, -0.2) is 10.8 Å². The van der Waals surface area contributed by atoms with Crippen LogP contribution in [0.1, 0.15) is 10.4 Å². The van der Waals surface area contributed by atoms with Crippen molar-refractivity contribution in [1.29, 1.82) is 0 Å². The van der Waals surface area contributed by atoms with E-state index in [4.69, 9.17) is 40.6 Å². The summed E-state index contributed by atoms with van der Waals surface area (Å²) in [5.41, 5.74) is 4.72. The molecule has 0 saturated carbocycles. The van der Waals surface area contributed by atoms with Crippen molar-refractivity contribution in [2.45, 2.75) is 0 Å². The predicted molar refractivity (Wildman–Crippen MR) is 117 cm³/mol. The van der Waals surface area contributed by atoms with Crippen molar-refractivity contribution in [1.82, 2.24) is 9.88 Å². The van der Waals surface area contributed by atoms with E-state index in [2.05, 4.69) is 15.3 Å². The molecule has 0 unspecified atom stereocenters. The van der Waals surface area contributed by atoms with E-state index in [1.807, 2.05) is 12.1 Å². The standard InChI is InChI=1S/C18H16Cl3N5OS/c19-10-1-2-11(13(21)9-10)17(27)26-7-5-25(6-8-26)16-12(20)3-4-14-15(16)23-18(24-22)28-14/h1-4,9H,5-8,22H2,(H,23,24). The maximum absolute atomic E-state index is 12.8. The number of hydrogen-bond donors (Lipinski definition) is 2. The minimum atomic E-state index is -0.103. The maximum atomic E-state index is 12.8. The first-order chi connectivity index (χ1) is 13.5. The van der Waals surface area contributed by atoms with Gasteiger partial charge in [0.1, 0.15) is 5.52 Å². The number of thiazole rings is 1. The number of fused-ring (bicyclic) bond motifs is 1. The molecule has 0 bridgehead atoms. The Bertz CT molecular complexity index is 1050. The van der Waals surface area contributed by atoms with Gasteiger partial charge in [0.15, 0.2) is 5.13 Å². The molecule has 0 aliphatic carbocycles. The lowest BCUT2D eigenvalue weighted by Gasteiger charge is -2.36. The first-order valence-corrected chi connectivity index (χ1v) is 10.5. The Morgan fingerprint density at radius 2 is 1.82 bits per heavy atom. The summed E-state index contributed by atoms with van der Waals surface area (Å²) in [6.45, 7) is 2.38. The molecule has 2 aromatic carbocycles. The Balaban J connectivity index is 1.54. The second kappa shape index (κ2) is 7.93. The second-order valence-electron chi connectivity index (χ2n) is 6.31.